The second kappa shape index (κ2) is 8.35. The predicted octanol–water partition coefficient (Wildman–Crippen LogP) is 5.03. The highest BCUT2D eigenvalue weighted by Crippen LogP contribution is 2.42. The number of amides is 1. The van der Waals surface area contributed by atoms with Gasteiger partial charge < -0.3 is 18.3 Å². The second-order valence-corrected chi connectivity index (χ2v) is 8.88. The van der Waals surface area contributed by atoms with Gasteiger partial charge in [0.25, 0.3) is 5.91 Å². The number of rotatable bonds is 5. The summed E-state index contributed by atoms with van der Waals surface area (Å²) in [6.07, 6.45) is 3.52. The number of ether oxygens (including phenoxy) is 2. The first kappa shape index (κ1) is 20.5. The van der Waals surface area contributed by atoms with Gasteiger partial charge in [-0.25, -0.2) is 9.80 Å². The maximum Gasteiger partial charge on any atom is 0.348 e. The van der Waals surface area contributed by atoms with Gasteiger partial charge in [-0.05, 0) is 42.5 Å². The van der Waals surface area contributed by atoms with Gasteiger partial charge in [0, 0.05) is 22.4 Å². The van der Waals surface area contributed by atoms with E-state index in [1.54, 1.807) is 42.9 Å². The lowest BCUT2D eigenvalue weighted by atomic mass is 10.1. The average Bonchev–Trinajstić information content (AvgIpc) is 3.67. The Morgan fingerprint density at radius 2 is 1.94 bits per heavy atom. The Hall–Kier alpha value is -4.11. The van der Waals surface area contributed by atoms with Crippen LogP contribution in [0, 0.1) is 0 Å². The number of nitrogens with zero attached hydrogens (tertiary/aromatic N) is 2. The van der Waals surface area contributed by atoms with Gasteiger partial charge in [-0.1, -0.05) is 12.1 Å². The number of furan rings is 2. The van der Waals surface area contributed by atoms with E-state index >= 15 is 0 Å². The first-order valence-corrected chi connectivity index (χ1v) is 11.5. The molecule has 0 saturated carbocycles. The molecule has 170 valence electrons. The summed E-state index contributed by atoms with van der Waals surface area (Å²) in [5.41, 5.74) is 2.49. The largest absolute Gasteiger partial charge is 0.488 e. The lowest BCUT2D eigenvalue weighted by Gasteiger charge is -2.19. The Morgan fingerprint density at radius 3 is 2.76 bits per heavy atom. The van der Waals surface area contributed by atoms with Crippen molar-refractivity contribution < 1.29 is 27.9 Å². The molecule has 0 fully saturated rings. The normalized spacial score (nSPS) is 16.4. The third-order valence-corrected chi connectivity index (χ3v) is 6.89. The minimum Gasteiger partial charge on any atom is -0.488 e. The number of para-hydroxylation sites is 1. The van der Waals surface area contributed by atoms with Gasteiger partial charge in [0.15, 0.2) is 6.61 Å². The molecule has 2 aliphatic rings. The fourth-order valence-corrected chi connectivity index (χ4v) is 5.19. The number of fused-ring (bicyclic) bond motifs is 3. The van der Waals surface area contributed by atoms with E-state index in [1.165, 1.54) is 16.3 Å². The van der Waals surface area contributed by atoms with Crippen LogP contribution < -0.4 is 4.74 Å². The van der Waals surface area contributed by atoms with Crippen LogP contribution in [0.25, 0.3) is 10.4 Å². The monoisotopic (exact) mass is 474 g/mol. The van der Waals surface area contributed by atoms with Crippen LogP contribution in [0.5, 0.6) is 5.75 Å². The van der Waals surface area contributed by atoms with Crippen molar-refractivity contribution in [1.82, 2.24) is 5.01 Å². The summed E-state index contributed by atoms with van der Waals surface area (Å²) in [6, 6.07) is 16.1. The number of thiophene rings is 1. The van der Waals surface area contributed by atoms with Crippen molar-refractivity contribution in [3.8, 4) is 16.2 Å². The number of esters is 1. The molecule has 0 spiro atoms. The lowest BCUT2D eigenvalue weighted by Crippen LogP contribution is -2.31. The molecule has 3 aromatic heterocycles. The summed E-state index contributed by atoms with van der Waals surface area (Å²) < 4.78 is 22.1. The molecule has 5 heterocycles. The molecule has 1 unspecified atom stereocenters. The molecule has 1 aromatic carbocycles. The molecule has 1 atom stereocenters. The molecule has 1 amide bonds. The van der Waals surface area contributed by atoms with Crippen LogP contribution in [0.2, 0.25) is 0 Å². The van der Waals surface area contributed by atoms with Crippen LogP contribution in [0.1, 0.15) is 39.2 Å². The Balaban J connectivity index is 1.18. The first-order valence-electron chi connectivity index (χ1n) is 10.7. The zero-order valence-corrected chi connectivity index (χ0v) is 18.6. The highest BCUT2D eigenvalue weighted by molar-refractivity contribution is 7.17. The van der Waals surface area contributed by atoms with Gasteiger partial charge in [-0.3, -0.25) is 4.79 Å². The van der Waals surface area contributed by atoms with Gasteiger partial charge in [-0.2, -0.15) is 5.10 Å². The Morgan fingerprint density at radius 1 is 1.09 bits per heavy atom. The predicted molar refractivity (Wildman–Crippen MR) is 123 cm³/mol. The number of hydrogen-bond acceptors (Lipinski definition) is 8. The van der Waals surface area contributed by atoms with E-state index in [2.05, 4.69) is 5.10 Å². The van der Waals surface area contributed by atoms with E-state index in [-0.39, 0.29) is 0 Å². The zero-order chi connectivity index (χ0) is 23.1. The van der Waals surface area contributed by atoms with E-state index in [0.29, 0.717) is 35.1 Å². The van der Waals surface area contributed by atoms with Crippen molar-refractivity contribution in [2.45, 2.75) is 19.1 Å². The quantitative estimate of drug-likeness (QED) is 0.377. The summed E-state index contributed by atoms with van der Waals surface area (Å²) >= 11 is 1.33. The smallest absolute Gasteiger partial charge is 0.348 e. The van der Waals surface area contributed by atoms with Crippen LogP contribution in [-0.4, -0.2) is 29.2 Å². The Kier molecular flexibility index (Phi) is 5.03. The summed E-state index contributed by atoms with van der Waals surface area (Å²) in [6.45, 7) is -0.0570. The van der Waals surface area contributed by atoms with Gasteiger partial charge >= 0.3 is 5.97 Å². The van der Waals surface area contributed by atoms with Gasteiger partial charge in [-0.15, -0.1) is 11.3 Å². The van der Waals surface area contributed by atoms with Crippen molar-refractivity contribution in [1.29, 1.82) is 0 Å². The maximum atomic E-state index is 13.0. The number of carbonyl (C=O) groups is 2. The number of benzene rings is 1. The summed E-state index contributed by atoms with van der Waals surface area (Å²) in [5, 5.41) is 5.74. The molecule has 6 rings (SSSR count). The van der Waals surface area contributed by atoms with Gasteiger partial charge in [0.2, 0.25) is 0 Å². The van der Waals surface area contributed by atoms with Gasteiger partial charge in [0.05, 0.1) is 12.5 Å². The molecule has 0 saturated heterocycles. The highest BCUT2D eigenvalue weighted by Gasteiger charge is 2.36. The van der Waals surface area contributed by atoms with Crippen LogP contribution >= 0.6 is 11.3 Å². The summed E-state index contributed by atoms with van der Waals surface area (Å²) in [5.74, 6) is 0.945. The van der Waals surface area contributed by atoms with E-state index in [9.17, 15) is 9.59 Å². The molecule has 0 radical (unpaired) electrons. The van der Waals surface area contributed by atoms with Crippen molar-refractivity contribution in [2.75, 3.05) is 6.61 Å². The Bertz CT molecular complexity index is 1390. The molecule has 0 aliphatic carbocycles. The topological polar surface area (TPSA) is 94.5 Å². The fraction of sp³-hybridized carbons (Fsp3) is 0.160. The number of carbonyl (C=O) groups excluding carboxylic acids is 2. The molecule has 4 aromatic rings. The second-order valence-electron chi connectivity index (χ2n) is 7.82. The van der Waals surface area contributed by atoms with Gasteiger partial charge in [0.1, 0.15) is 40.5 Å². The van der Waals surface area contributed by atoms with E-state index in [0.717, 1.165) is 21.8 Å². The maximum absolute atomic E-state index is 13.0. The minimum absolute atomic E-state index is 0.387. The molecular weight excluding hydrogens is 456 g/mol. The molecule has 9 heteroatoms. The highest BCUT2D eigenvalue weighted by atomic mass is 32.1. The van der Waals surface area contributed by atoms with Crippen molar-refractivity contribution in [3.05, 3.63) is 89.1 Å². The van der Waals surface area contributed by atoms with Crippen LogP contribution in [-0.2, 0) is 16.1 Å². The van der Waals surface area contributed by atoms with E-state index in [1.807, 2.05) is 24.3 Å². The molecule has 34 heavy (non-hydrogen) atoms. The Labute approximate surface area is 198 Å². The third-order valence-electron chi connectivity index (χ3n) is 5.69. The van der Waals surface area contributed by atoms with Crippen LogP contribution in [0.3, 0.4) is 0 Å². The van der Waals surface area contributed by atoms with Crippen LogP contribution in [0.15, 0.2) is 81.1 Å². The standard InChI is InChI=1S/C25H18N2O6S/c28-23(27-18(21-8-4-10-31-21)12-17(26-27)20-7-3-9-30-20)14-33-25(29)22-11-15-13-32-19-6-2-1-5-16(19)24(15)34-22/h1-11,18H,12-14H2. The van der Waals surface area contributed by atoms with Crippen molar-refractivity contribution in [3.63, 3.8) is 0 Å². The lowest BCUT2D eigenvalue weighted by molar-refractivity contribution is -0.136. The molecular formula is C25H18N2O6S. The summed E-state index contributed by atoms with van der Waals surface area (Å²) in [4.78, 5) is 27.2. The summed E-state index contributed by atoms with van der Waals surface area (Å²) in [7, 11) is 0. The first-order chi connectivity index (χ1) is 16.7. The number of hydrazone groups is 1. The molecule has 8 nitrogen and oxygen atoms in total. The average molecular weight is 474 g/mol. The number of hydrogen-bond donors (Lipinski definition) is 0. The molecule has 0 bridgehead atoms. The third kappa shape index (κ3) is 3.60. The fourth-order valence-electron chi connectivity index (χ4n) is 4.10. The zero-order valence-electron chi connectivity index (χ0n) is 17.8. The molecule has 2 aliphatic heterocycles. The van der Waals surface area contributed by atoms with Crippen molar-refractivity contribution in [2.24, 2.45) is 5.10 Å². The van der Waals surface area contributed by atoms with Crippen LogP contribution in [0.4, 0.5) is 0 Å². The van der Waals surface area contributed by atoms with E-state index in [4.69, 9.17) is 18.3 Å². The molecule has 0 N–H and O–H groups in total. The van der Waals surface area contributed by atoms with E-state index < -0.39 is 24.5 Å². The SMILES string of the molecule is O=C(OCC(=O)N1N=C(c2ccco2)CC1c1ccco1)c1cc2c(s1)-c1ccccc1OC2. The van der Waals surface area contributed by atoms with Crippen molar-refractivity contribution >= 4 is 28.9 Å². The minimum atomic E-state index is -0.561.